The fraction of sp³-hybridized carbons (Fsp3) is 1.00. The van der Waals surface area contributed by atoms with Crippen molar-refractivity contribution in [1.82, 2.24) is 4.90 Å². The Morgan fingerprint density at radius 3 is 1.24 bits per heavy atom. The topological polar surface area (TPSA) is 3.24 Å². The van der Waals surface area contributed by atoms with E-state index in [0.717, 1.165) is 23.7 Å². The summed E-state index contributed by atoms with van der Waals surface area (Å²) in [6.07, 6.45) is 14.3. The van der Waals surface area contributed by atoms with Crippen LogP contribution >= 0.6 is 0 Å². The molecule has 0 heterocycles. The van der Waals surface area contributed by atoms with E-state index >= 15 is 0 Å². The van der Waals surface area contributed by atoms with Crippen LogP contribution in [0.25, 0.3) is 0 Å². The number of rotatable bonds is 17. The van der Waals surface area contributed by atoms with E-state index in [-0.39, 0.29) is 0 Å². The van der Waals surface area contributed by atoms with Crippen molar-refractivity contribution in [3.05, 3.63) is 0 Å². The second-order valence-electron chi connectivity index (χ2n) is 9.32. The molecule has 0 aliphatic heterocycles. The average molecular weight is 354 g/mol. The summed E-state index contributed by atoms with van der Waals surface area (Å²) in [4.78, 5) is 2.56. The van der Waals surface area contributed by atoms with Crippen molar-refractivity contribution in [2.24, 2.45) is 23.7 Å². The van der Waals surface area contributed by atoms with E-state index in [1.54, 1.807) is 0 Å². The van der Waals surface area contributed by atoms with E-state index in [1.807, 2.05) is 0 Å². The Balaban J connectivity index is 3.58. The lowest BCUT2D eigenvalue weighted by atomic mass is 9.91. The maximum absolute atomic E-state index is 2.56. The van der Waals surface area contributed by atoms with Gasteiger partial charge in [-0.25, -0.2) is 0 Å². The highest BCUT2D eigenvalue weighted by atomic mass is 15.1. The van der Waals surface area contributed by atoms with Gasteiger partial charge in [-0.3, -0.25) is 0 Å². The quantitative estimate of drug-likeness (QED) is 0.258. The monoisotopic (exact) mass is 353 g/mol. The Labute approximate surface area is 161 Å². The van der Waals surface area contributed by atoms with Gasteiger partial charge in [0.05, 0.1) is 0 Å². The fourth-order valence-electron chi connectivity index (χ4n) is 3.88. The zero-order valence-electron chi connectivity index (χ0n) is 18.9. The molecule has 1 heteroatoms. The molecule has 0 aromatic carbocycles. The Hall–Kier alpha value is -0.0400. The normalized spacial score (nSPS) is 15.7. The maximum Gasteiger partial charge on any atom is -0.00164 e. The summed E-state index contributed by atoms with van der Waals surface area (Å²) < 4.78 is 0. The molecule has 0 aromatic heterocycles. The van der Waals surface area contributed by atoms with Gasteiger partial charge < -0.3 is 4.90 Å². The van der Waals surface area contributed by atoms with Gasteiger partial charge in [-0.1, -0.05) is 106 Å². The third-order valence-corrected chi connectivity index (χ3v) is 6.10. The predicted molar refractivity (Wildman–Crippen MR) is 116 cm³/mol. The van der Waals surface area contributed by atoms with Crippen LogP contribution < -0.4 is 0 Å². The summed E-state index contributed by atoms with van der Waals surface area (Å²) in [5.74, 6) is 3.64. The zero-order chi connectivity index (χ0) is 19.1. The molecule has 0 bridgehead atoms. The van der Waals surface area contributed by atoms with Gasteiger partial charge in [0.15, 0.2) is 0 Å². The van der Waals surface area contributed by atoms with Crippen molar-refractivity contribution in [2.75, 3.05) is 19.6 Å². The molecular weight excluding hydrogens is 302 g/mol. The molecule has 0 aliphatic rings. The summed E-state index contributed by atoms with van der Waals surface area (Å²) >= 11 is 0. The van der Waals surface area contributed by atoms with Crippen LogP contribution in [0.3, 0.4) is 0 Å². The van der Waals surface area contributed by atoms with Gasteiger partial charge in [0.1, 0.15) is 0 Å². The molecule has 25 heavy (non-hydrogen) atoms. The van der Waals surface area contributed by atoms with Crippen LogP contribution in [0.2, 0.25) is 0 Å². The SMILES string of the molecule is CCN(CC)CCC(C)CCCC(C)CCCC(C)CCCC(C)C. The van der Waals surface area contributed by atoms with Crippen LogP contribution in [0.4, 0.5) is 0 Å². The molecule has 3 unspecified atom stereocenters. The second kappa shape index (κ2) is 16.2. The summed E-state index contributed by atoms with van der Waals surface area (Å²) in [5, 5.41) is 0. The van der Waals surface area contributed by atoms with E-state index in [2.05, 4.69) is 53.4 Å². The van der Waals surface area contributed by atoms with Crippen LogP contribution in [-0.2, 0) is 0 Å². The first-order valence-corrected chi connectivity index (χ1v) is 11.6. The van der Waals surface area contributed by atoms with Crippen LogP contribution in [0.5, 0.6) is 0 Å². The molecular formula is C24H51N. The molecule has 0 N–H and O–H groups in total. The first kappa shape index (κ1) is 25.0. The standard InChI is InChI=1S/C24H51N/c1-8-25(9-2)20-19-24(7)18-12-17-23(6)16-11-15-22(5)14-10-13-21(3)4/h21-24H,8-20H2,1-7H3. The molecule has 0 amide bonds. The summed E-state index contributed by atoms with van der Waals surface area (Å²) in [5.41, 5.74) is 0. The van der Waals surface area contributed by atoms with Crippen molar-refractivity contribution < 1.29 is 0 Å². The van der Waals surface area contributed by atoms with Gasteiger partial charge in [0.2, 0.25) is 0 Å². The molecule has 0 rings (SSSR count). The lowest BCUT2D eigenvalue weighted by Crippen LogP contribution is -2.25. The summed E-state index contributed by atoms with van der Waals surface area (Å²) in [6.45, 7) is 20.3. The highest BCUT2D eigenvalue weighted by Crippen LogP contribution is 2.22. The fourth-order valence-corrected chi connectivity index (χ4v) is 3.88. The third-order valence-electron chi connectivity index (χ3n) is 6.10. The van der Waals surface area contributed by atoms with Gasteiger partial charge >= 0.3 is 0 Å². The molecule has 0 spiro atoms. The Bertz CT molecular complexity index is 269. The van der Waals surface area contributed by atoms with E-state index in [4.69, 9.17) is 0 Å². The average Bonchev–Trinajstić information content (AvgIpc) is 2.55. The van der Waals surface area contributed by atoms with Gasteiger partial charge in [-0.15, -0.1) is 0 Å². The highest BCUT2D eigenvalue weighted by molar-refractivity contribution is 4.62. The molecule has 1 nitrogen and oxygen atoms in total. The summed E-state index contributed by atoms with van der Waals surface area (Å²) in [7, 11) is 0. The largest absolute Gasteiger partial charge is 0.304 e. The molecule has 0 radical (unpaired) electrons. The van der Waals surface area contributed by atoms with Gasteiger partial charge in [-0.2, -0.15) is 0 Å². The first-order valence-electron chi connectivity index (χ1n) is 11.6. The number of hydrogen-bond donors (Lipinski definition) is 0. The predicted octanol–water partition coefficient (Wildman–Crippen LogP) is 7.79. The van der Waals surface area contributed by atoms with Crippen molar-refractivity contribution in [3.8, 4) is 0 Å². The van der Waals surface area contributed by atoms with Crippen molar-refractivity contribution in [2.45, 2.75) is 113 Å². The molecule has 0 fully saturated rings. The minimum absolute atomic E-state index is 0.877. The molecule has 0 aromatic rings. The molecule has 3 atom stereocenters. The van der Waals surface area contributed by atoms with E-state index in [0.29, 0.717) is 0 Å². The van der Waals surface area contributed by atoms with Crippen molar-refractivity contribution in [3.63, 3.8) is 0 Å². The highest BCUT2D eigenvalue weighted by Gasteiger charge is 2.09. The van der Waals surface area contributed by atoms with Gasteiger partial charge in [0.25, 0.3) is 0 Å². The van der Waals surface area contributed by atoms with Crippen LogP contribution in [0, 0.1) is 23.7 Å². The minimum atomic E-state index is 0.877. The van der Waals surface area contributed by atoms with Crippen molar-refractivity contribution >= 4 is 0 Å². The third kappa shape index (κ3) is 15.9. The first-order chi connectivity index (χ1) is 11.9. The van der Waals surface area contributed by atoms with E-state index < -0.39 is 0 Å². The Kier molecular flexibility index (Phi) is 16.1. The van der Waals surface area contributed by atoms with Crippen LogP contribution in [0.15, 0.2) is 0 Å². The van der Waals surface area contributed by atoms with Gasteiger partial charge in [0, 0.05) is 0 Å². The maximum atomic E-state index is 2.56. The zero-order valence-corrected chi connectivity index (χ0v) is 18.9. The molecule has 0 aliphatic carbocycles. The minimum Gasteiger partial charge on any atom is -0.304 e. The summed E-state index contributed by atoms with van der Waals surface area (Å²) in [6, 6.07) is 0. The van der Waals surface area contributed by atoms with Gasteiger partial charge in [-0.05, 0) is 49.7 Å². The van der Waals surface area contributed by atoms with Crippen LogP contribution in [0.1, 0.15) is 113 Å². The Morgan fingerprint density at radius 1 is 0.520 bits per heavy atom. The second-order valence-corrected chi connectivity index (χ2v) is 9.32. The molecule has 0 saturated carbocycles. The number of nitrogens with zero attached hydrogens (tertiary/aromatic N) is 1. The Morgan fingerprint density at radius 2 is 0.880 bits per heavy atom. The molecule has 0 saturated heterocycles. The molecule has 152 valence electrons. The lowest BCUT2D eigenvalue weighted by Gasteiger charge is -2.21. The van der Waals surface area contributed by atoms with E-state index in [1.165, 1.54) is 83.8 Å². The van der Waals surface area contributed by atoms with Crippen molar-refractivity contribution in [1.29, 1.82) is 0 Å². The van der Waals surface area contributed by atoms with E-state index in [9.17, 15) is 0 Å². The van der Waals surface area contributed by atoms with Crippen LogP contribution in [-0.4, -0.2) is 24.5 Å². The number of hydrogen-bond acceptors (Lipinski definition) is 1. The lowest BCUT2D eigenvalue weighted by molar-refractivity contribution is 0.272. The smallest absolute Gasteiger partial charge is 0.00164 e.